The van der Waals surface area contributed by atoms with E-state index in [2.05, 4.69) is 30.0 Å². The summed E-state index contributed by atoms with van der Waals surface area (Å²) in [7, 11) is 1.69. The molecule has 2 fully saturated rings. The molecular weight excluding hydrogens is 757 g/mol. The number of carboxylic acid groups (broad SMARTS) is 1. The smallest absolute Gasteiger partial charge is 0.354 e. The summed E-state index contributed by atoms with van der Waals surface area (Å²) in [5.74, 6) is -1.92. The number of thiazole rings is 1. The van der Waals surface area contributed by atoms with Gasteiger partial charge in [-0.25, -0.2) is 9.78 Å². The lowest BCUT2D eigenvalue weighted by molar-refractivity contribution is -0.216. The fourth-order valence-corrected chi connectivity index (χ4v) is 7.15. The number of methoxy groups -OCH3 is 1. The van der Waals surface area contributed by atoms with Gasteiger partial charge in [0, 0.05) is 30.6 Å². The first-order chi connectivity index (χ1) is 26.1. The van der Waals surface area contributed by atoms with E-state index in [0.29, 0.717) is 48.2 Å². The number of nitrogen functional groups attached to an aromatic ring is 1. The molecule has 0 saturated carbocycles. The van der Waals surface area contributed by atoms with Crippen LogP contribution in [0, 0.1) is 5.92 Å². The van der Waals surface area contributed by atoms with Crippen molar-refractivity contribution < 1.29 is 46.8 Å². The number of benzene rings is 1. The summed E-state index contributed by atoms with van der Waals surface area (Å²) < 4.78 is 36.2. The summed E-state index contributed by atoms with van der Waals surface area (Å²) >= 11 is -1.77. The number of oxime groups is 1. The molecule has 306 valence electrons. The first-order valence-corrected chi connectivity index (χ1v) is 20.0. The Morgan fingerprint density at radius 1 is 1.25 bits per heavy atom. The van der Waals surface area contributed by atoms with E-state index in [-0.39, 0.29) is 17.2 Å². The topological polar surface area (TPSA) is 263 Å². The summed E-state index contributed by atoms with van der Waals surface area (Å²) in [6.07, 6.45) is 1.56. The maximum Gasteiger partial charge on any atom is 0.354 e. The van der Waals surface area contributed by atoms with Crippen LogP contribution in [-0.2, 0) is 46.0 Å². The third kappa shape index (κ3) is 10.8. The number of fused-ring (bicyclic) bond motifs is 1. The SMILES string of the molecule is CC.CC.COCC1CC(CN=C(N)c2ccc3c(c2)CCC(C(C)(O/N=C(\C(=O)NC2C(=O)N(OS(=O)O)C2(C)C)c2csc(N)n2)C(=O)O)O3)CCN1. The number of carbonyl (C=O) groups is 3. The van der Waals surface area contributed by atoms with Gasteiger partial charge in [-0.2, -0.15) is 9.27 Å². The van der Waals surface area contributed by atoms with E-state index in [1.807, 2.05) is 33.8 Å². The van der Waals surface area contributed by atoms with E-state index in [9.17, 15) is 23.7 Å². The van der Waals surface area contributed by atoms with Crippen LogP contribution in [0.5, 0.6) is 5.75 Å². The van der Waals surface area contributed by atoms with Crippen LogP contribution in [0.4, 0.5) is 5.13 Å². The van der Waals surface area contributed by atoms with Crippen molar-refractivity contribution >= 4 is 57.2 Å². The molecule has 6 atom stereocenters. The Hall–Kier alpha value is -4.21. The predicted octanol–water partition coefficient (Wildman–Crippen LogP) is 2.63. The average molecular weight is 811 g/mol. The minimum atomic E-state index is -2.77. The fourth-order valence-electron chi connectivity index (χ4n) is 6.21. The molecule has 0 spiro atoms. The number of nitrogens with two attached hydrogens (primary N) is 2. The minimum Gasteiger partial charge on any atom is -0.485 e. The first-order valence-electron chi connectivity index (χ1n) is 18.1. The van der Waals surface area contributed by atoms with Gasteiger partial charge in [0.15, 0.2) is 16.9 Å². The molecule has 1 aromatic heterocycles. The molecule has 5 rings (SSSR count). The molecule has 2 aromatic rings. The van der Waals surface area contributed by atoms with Crippen LogP contribution in [0.2, 0.25) is 0 Å². The Morgan fingerprint density at radius 2 is 1.96 bits per heavy atom. The van der Waals surface area contributed by atoms with Crippen LogP contribution in [0.1, 0.15) is 84.5 Å². The van der Waals surface area contributed by atoms with E-state index in [1.54, 1.807) is 19.2 Å². The second kappa shape index (κ2) is 20.1. The van der Waals surface area contributed by atoms with Crippen LogP contribution < -0.4 is 26.8 Å². The summed E-state index contributed by atoms with van der Waals surface area (Å²) in [4.78, 5) is 53.2. The van der Waals surface area contributed by atoms with Crippen LogP contribution in [0.15, 0.2) is 33.7 Å². The highest BCUT2D eigenvalue weighted by Crippen LogP contribution is 2.35. The third-order valence-electron chi connectivity index (χ3n) is 9.23. The first kappa shape index (κ1) is 45.2. The number of rotatable bonds is 14. The van der Waals surface area contributed by atoms with Crippen LogP contribution >= 0.6 is 11.3 Å². The molecule has 2 amide bonds. The number of ether oxygens (including phenoxy) is 2. The highest BCUT2D eigenvalue weighted by Gasteiger charge is 2.57. The number of nitrogens with zero attached hydrogens (tertiary/aromatic N) is 4. The van der Waals surface area contributed by atoms with Gasteiger partial charge in [0.25, 0.3) is 17.4 Å². The van der Waals surface area contributed by atoms with Crippen molar-refractivity contribution in [2.75, 3.05) is 32.5 Å². The number of hydroxylamine groups is 2. The van der Waals surface area contributed by atoms with Crippen molar-refractivity contribution in [3.8, 4) is 5.75 Å². The summed E-state index contributed by atoms with van der Waals surface area (Å²) in [5.41, 5.74) is 9.89. The number of carboxylic acids is 1. The zero-order chi connectivity index (χ0) is 41.1. The second-order valence-corrected chi connectivity index (χ2v) is 14.7. The third-order valence-corrected chi connectivity index (χ3v) is 10.2. The molecular formula is C35H54N8O10S2. The number of piperidine rings is 1. The Morgan fingerprint density at radius 3 is 2.56 bits per heavy atom. The van der Waals surface area contributed by atoms with E-state index >= 15 is 0 Å². The van der Waals surface area contributed by atoms with Crippen molar-refractivity contribution in [1.29, 1.82) is 0 Å². The monoisotopic (exact) mass is 810 g/mol. The molecule has 3 aliphatic heterocycles. The number of aliphatic carboxylic acids is 1. The maximum atomic E-state index is 13.5. The molecule has 0 radical (unpaired) electrons. The Bertz CT molecular complexity index is 1740. The Labute approximate surface area is 327 Å². The molecule has 18 nitrogen and oxygen atoms in total. The molecule has 0 bridgehead atoms. The Kier molecular flexibility index (Phi) is 16.5. The molecule has 4 heterocycles. The number of aliphatic imine (C=N–C) groups is 1. The highest BCUT2D eigenvalue weighted by molar-refractivity contribution is 7.74. The number of amidine groups is 1. The van der Waals surface area contributed by atoms with Gasteiger partial charge >= 0.3 is 17.3 Å². The molecule has 0 aliphatic carbocycles. The Balaban J connectivity index is 0.00000196. The van der Waals surface area contributed by atoms with Gasteiger partial charge in [0.1, 0.15) is 23.3 Å². The van der Waals surface area contributed by atoms with E-state index in [1.165, 1.54) is 26.2 Å². The minimum absolute atomic E-state index is 0.0338. The number of hydrogen-bond donors (Lipinski definition) is 6. The van der Waals surface area contributed by atoms with Crippen molar-refractivity contribution in [3.05, 3.63) is 40.4 Å². The number of carbonyl (C=O) groups excluding carboxylic acids is 2. The van der Waals surface area contributed by atoms with Crippen molar-refractivity contribution in [2.24, 2.45) is 21.8 Å². The molecule has 1 aromatic carbocycles. The summed E-state index contributed by atoms with van der Waals surface area (Å²) in [5, 5.41) is 22.4. The van der Waals surface area contributed by atoms with Gasteiger partial charge in [0.2, 0.25) is 0 Å². The summed E-state index contributed by atoms with van der Waals surface area (Å²) in [6, 6.07) is 4.44. The standard InChI is InChI=1S/C31H42N8O10S2.2C2H6/c1-30(2)24(27(41)39(30)49-51(44)45)37-26(40)23(20-15-50-29(33)36-20)38-48-31(3,28(42)43)22-8-6-17-12-18(5-7-21(17)47-22)25(32)35-13-16-9-10-34-19(11-16)14-46-4;2*1-2/h5,7,12,15-16,19,22,24,34H,6,8-11,13-14H2,1-4H3,(H2,32,35)(H2,33,36)(H,37,40)(H,42,43)(H,44,45);2*1-2H3/b38-23-;;. The molecule has 6 unspecified atom stereocenters. The highest BCUT2D eigenvalue weighted by atomic mass is 32.2. The quantitative estimate of drug-likeness (QED) is 0.0527. The fraction of sp³-hybridized carbons (Fsp3) is 0.600. The number of hydrogen-bond acceptors (Lipinski definition) is 14. The molecule has 20 heteroatoms. The van der Waals surface area contributed by atoms with Gasteiger partial charge in [-0.3, -0.25) is 19.1 Å². The number of anilines is 1. The predicted molar refractivity (Wildman–Crippen MR) is 209 cm³/mol. The number of β-lactam (4-membered cyclic amide) rings is 1. The van der Waals surface area contributed by atoms with Crippen molar-refractivity contribution in [3.63, 3.8) is 0 Å². The average Bonchev–Trinajstić information content (AvgIpc) is 3.61. The maximum absolute atomic E-state index is 13.5. The second-order valence-electron chi connectivity index (χ2n) is 13.2. The van der Waals surface area contributed by atoms with E-state index in [4.69, 9.17) is 30.3 Å². The largest absolute Gasteiger partial charge is 0.485 e. The van der Waals surface area contributed by atoms with Gasteiger partial charge in [-0.05, 0) is 82.7 Å². The molecule has 2 saturated heterocycles. The number of aryl methyl sites for hydroxylation is 1. The van der Waals surface area contributed by atoms with E-state index < -0.39 is 58.1 Å². The number of nitrogens with one attached hydrogen (secondary N) is 2. The van der Waals surface area contributed by atoms with Gasteiger partial charge < -0.3 is 41.5 Å². The van der Waals surface area contributed by atoms with Crippen molar-refractivity contribution in [1.82, 2.24) is 20.7 Å². The van der Waals surface area contributed by atoms with Crippen LogP contribution in [0.25, 0.3) is 0 Å². The molecule has 55 heavy (non-hydrogen) atoms. The zero-order valence-corrected chi connectivity index (χ0v) is 34.1. The van der Waals surface area contributed by atoms with Crippen molar-refractivity contribution in [2.45, 2.75) is 103 Å². The lowest BCUT2D eigenvalue weighted by atomic mass is 9.84. The van der Waals surface area contributed by atoms with Gasteiger partial charge in [-0.1, -0.05) is 32.9 Å². The van der Waals surface area contributed by atoms with Crippen LogP contribution in [0.3, 0.4) is 0 Å². The van der Waals surface area contributed by atoms with E-state index in [0.717, 1.165) is 41.9 Å². The number of amides is 2. The zero-order valence-electron chi connectivity index (χ0n) is 32.5. The summed E-state index contributed by atoms with van der Waals surface area (Å²) in [6.45, 7) is 14.4. The number of aromatic nitrogens is 1. The molecule has 8 N–H and O–H groups in total. The molecule has 3 aliphatic rings. The normalized spacial score (nSPS) is 23.5. The van der Waals surface area contributed by atoms with Crippen LogP contribution in [-0.4, -0.2) is 109 Å². The van der Waals surface area contributed by atoms with Gasteiger partial charge in [0.05, 0.1) is 12.1 Å². The van der Waals surface area contributed by atoms with Gasteiger partial charge in [-0.15, -0.1) is 15.6 Å². The lowest BCUT2D eigenvalue weighted by Gasteiger charge is -2.50. The lowest BCUT2D eigenvalue weighted by Crippen LogP contribution is -2.76.